The molecule has 0 aliphatic carbocycles. The molecule has 2 nitrogen and oxygen atoms in total. The molecule has 2 unspecified atom stereocenters. The van der Waals surface area contributed by atoms with Crippen molar-refractivity contribution in [1.82, 2.24) is 10.2 Å². The van der Waals surface area contributed by atoms with Crippen LogP contribution in [0, 0.1) is 11.7 Å². The molecule has 0 bridgehead atoms. The standard InChI is InChI=1S/C16H24BrFN2/c1-11(2)6-15-10-20(12(3)8-19-15)9-13-4-5-14(18)7-16(13)17/h4-5,7,11-12,15,19H,6,8-10H2,1-3H3. The van der Waals surface area contributed by atoms with Gasteiger partial charge in [-0.2, -0.15) is 0 Å². The van der Waals surface area contributed by atoms with Gasteiger partial charge in [-0.1, -0.05) is 35.8 Å². The normalized spacial score (nSPS) is 24.3. The van der Waals surface area contributed by atoms with Crippen molar-refractivity contribution in [2.45, 2.75) is 45.8 Å². The molecule has 1 saturated heterocycles. The number of rotatable bonds is 4. The van der Waals surface area contributed by atoms with E-state index in [0.29, 0.717) is 18.0 Å². The summed E-state index contributed by atoms with van der Waals surface area (Å²) in [5.74, 6) is 0.520. The lowest BCUT2D eigenvalue weighted by Gasteiger charge is -2.39. The Kier molecular flexibility index (Phi) is 5.58. The minimum absolute atomic E-state index is 0.188. The first-order valence-electron chi connectivity index (χ1n) is 7.37. The van der Waals surface area contributed by atoms with E-state index in [2.05, 4.69) is 46.9 Å². The van der Waals surface area contributed by atoms with Crippen molar-refractivity contribution in [3.8, 4) is 0 Å². The topological polar surface area (TPSA) is 15.3 Å². The molecule has 112 valence electrons. The van der Waals surface area contributed by atoms with Crippen LogP contribution in [0.2, 0.25) is 0 Å². The Labute approximate surface area is 129 Å². The highest BCUT2D eigenvalue weighted by atomic mass is 79.9. The molecule has 20 heavy (non-hydrogen) atoms. The highest BCUT2D eigenvalue weighted by Crippen LogP contribution is 2.22. The number of halogens is 2. The van der Waals surface area contributed by atoms with Crippen LogP contribution in [0.1, 0.15) is 32.8 Å². The van der Waals surface area contributed by atoms with E-state index in [0.717, 1.165) is 29.7 Å². The van der Waals surface area contributed by atoms with Crippen molar-refractivity contribution in [1.29, 1.82) is 0 Å². The largest absolute Gasteiger partial charge is 0.311 e. The van der Waals surface area contributed by atoms with E-state index >= 15 is 0 Å². The molecule has 1 fully saturated rings. The first-order valence-corrected chi connectivity index (χ1v) is 8.16. The van der Waals surface area contributed by atoms with Gasteiger partial charge in [-0.25, -0.2) is 4.39 Å². The van der Waals surface area contributed by atoms with E-state index in [4.69, 9.17) is 0 Å². The number of benzene rings is 1. The molecular weight excluding hydrogens is 319 g/mol. The minimum atomic E-state index is -0.188. The third-order valence-corrected chi connectivity index (χ3v) is 4.66. The number of hydrogen-bond acceptors (Lipinski definition) is 2. The van der Waals surface area contributed by atoms with Gasteiger partial charge in [0.25, 0.3) is 0 Å². The molecule has 0 saturated carbocycles. The second kappa shape index (κ2) is 7.01. The average molecular weight is 343 g/mol. The van der Waals surface area contributed by atoms with Gasteiger partial charge in [0.15, 0.2) is 0 Å². The van der Waals surface area contributed by atoms with Gasteiger partial charge in [-0.05, 0) is 37.0 Å². The van der Waals surface area contributed by atoms with Crippen LogP contribution in [0.25, 0.3) is 0 Å². The van der Waals surface area contributed by atoms with Crippen LogP contribution >= 0.6 is 15.9 Å². The summed E-state index contributed by atoms with van der Waals surface area (Å²) in [7, 11) is 0. The van der Waals surface area contributed by atoms with Crippen LogP contribution < -0.4 is 5.32 Å². The third-order valence-electron chi connectivity index (χ3n) is 3.92. The summed E-state index contributed by atoms with van der Waals surface area (Å²) < 4.78 is 14.0. The van der Waals surface area contributed by atoms with Gasteiger partial charge in [0, 0.05) is 36.2 Å². The summed E-state index contributed by atoms with van der Waals surface area (Å²) in [5, 5.41) is 3.63. The fourth-order valence-electron chi connectivity index (χ4n) is 2.81. The zero-order valence-electron chi connectivity index (χ0n) is 12.5. The fourth-order valence-corrected chi connectivity index (χ4v) is 3.29. The van der Waals surface area contributed by atoms with Crippen molar-refractivity contribution in [2.75, 3.05) is 13.1 Å². The first kappa shape index (κ1) is 15.9. The Hall–Kier alpha value is -0.450. The number of nitrogens with one attached hydrogen (secondary N) is 1. The van der Waals surface area contributed by atoms with Crippen LogP contribution in [0.3, 0.4) is 0 Å². The van der Waals surface area contributed by atoms with Gasteiger partial charge >= 0.3 is 0 Å². The third kappa shape index (κ3) is 4.27. The van der Waals surface area contributed by atoms with Crippen molar-refractivity contribution >= 4 is 15.9 Å². The van der Waals surface area contributed by atoms with Crippen molar-refractivity contribution in [3.63, 3.8) is 0 Å². The lowest BCUT2D eigenvalue weighted by atomic mass is 9.99. The van der Waals surface area contributed by atoms with E-state index in [1.54, 1.807) is 12.1 Å². The molecule has 4 heteroatoms. The highest BCUT2D eigenvalue weighted by molar-refractivity contribution is 9.10. The zero-order valence-corrected chi connectivity index (χ0v) is 14.1. The maximum absolute atomic E-state index is 13.2. The number of nitrogens with zero attached hydrogens (tertiary/aromatic N) is 1. The van der Waals surface area contributed by atoms with Crippen LogP contribution in [-0.4, -0.2) is 30.1 Å². The molecule has 1 heterocycles. The summed E-state index contributed by atoms with van der Waals surface area (Å²) in [4.78, 5) is 2.49. The maximum atomic E-state index is 13.2. The SMILES string of the molecule is CC(C)CC1CN(Cc2ccc(F)cc2Br)C(C)CN1. The van der Waals surface area contributed by atoms with Crippen molar-refractivity contribution < 1.29 is 4.39 Å². The van der Waals surface area contributed by atoms with Crippen molar-refractivity contribution in [2.24, 2.45) is 5.92 Å². The molecule has 1 aromatic rings. The quantitative estimate of drug-likeness (QED) is 0.895. The Morgan fingerprint density at radius 1 is 1.45 bits per heavy atom. The van der Waals surface area contributed by atoms with Gasteiger partial charge in [-0.3, -0.25) is 4.90 Å². The van der Waals surface area contributed by atoms with Gasteiger partial charge in [0.1, 0.15) is 5.82 Å². The maximum Gasteiger partial charge on any atom is 0.124 e. The molecule has 0 radical (unpaired) electrons. The summed E-state index contributed by atoms with van der Waals surface area (Å²) >= 11 is 3.47. The van der Waals surface area contributed by atoms with E-state index in [1.165, 1.54) is 6.42 Å². The lowest BCUT2D eigenvalue weighted by Crippen LogP contribution is -2.55. The Morgan fingerprint density at radius 3 is 2.85 bits per heavy atom. The molecule has 2 atom stereocenters. The molecular formula is C16H24BrFN2. The molecule has 1 aliphatic heterocycles. The highest BCUT2D eigenvalue weighted by Gasteiger charge is 2.25. The predicted octanol–water partition coefficient (Wildman–Crippen LogP) is 3.80. The predicted molar refractivity (Wildman–Crippen MR) is 85.2 cm³/mol. The summed E-state index contributed by atoms with van der Waals surface area (Å²) in [5.41, 5.74) is 1.16. The molecule has 1 N–H and O–H groups in total. The fraction of sp³-hybridized carbons (Fsp3) is 0.625. The smallest absolute Gasteiger partial charge is 0.124 e. The van der Waals surface area contributed by atoms with Crippen LogP contribution in [-0.2, 0) is 6.54 Å². The minimum Gasteiger partial charge on any atom is -0.311 e. The Bertz CT molecular complexity index is 450. The monoisotopic (exact) mass is 342 g/mol. The molecule has 2 rings (SSSR count). The molecule has 0 amide bonds. The molecule has 1 aliphatic rings. The summed E-state index contributed by atoms with van der Waals surface area (Å²) in [6, 6.07) is 6.04. The Morgan fingerprint density at radius 2 is 2.20 bits per heavy atom. The van der Waals surface area contributed by atoms with E-state index in [-0.39, 0.29) is 5.82 Å². The van der Waals surface area contributed by atoms with Gasteiger partial charge < -0.3 is 5.32 Å². The second-order valence-corrected chi connectivity index (χ2v) is 7.10. The number of hydrogen-bond donors (Lipinski definition) is 1. The Balaban J connectivity index is 2.02. The lowest BCUT2D eigenvalue weighted by molar-refractivity contribution is 0.124. The second-order valence-electron chi connectivity index (χ2n) is 6.25. The van der Waals surface area contributed by atoms with E-state index < -0.39 is 0 Å². The van der Waals surface area contributed by atoms with Crippen LogP contribution in [0.5, 0.6) is 0 Å². The van der Waals surface area contributed by atoms with Gasteiger partial charge in [0.05, 0.1) is 0 Å². The van der Waals surface area contributed by atoms with E-state index in [9.17, 15) is 4.39 Å². The molecule has 0 spiro atoms. The van der Waals surface area contributed by atoms with Gasteiger partial charge in [0.2, 0.25) is 0 Å². The van der Waals surface area contributed by atoms with Crippen LogP contribution in [0.4, 0.5) is 4.39 Å². The summed E-state index contributed by atoms with van der Waals surface area (Å²) in [6.45, 7) is 9.73. The average Bonchev–Trinajstić information content (AvgIpc) is 2.36. The first-order chi connectivity index (χ1) is 9.45. The van der Waals surface area contributed by atoms with Gasteiger partial charge in [-0.15, -0.1) is 0 Å². The number of piperazine rings is 1. The van der Waals surface area contributed by atoms with Crippen LogP contribution in [0.15, 0.2) is 22.7 Å². The molecule has 0 aromatic heterocycles. The molecule has 1 aromatic carbocycles. The summed E-state index contributed by atoms with van der Waals surface area (Å²) in [6.07, 6.45) is 1.20. The van der Waals surface area contributed by atoms with E-state index in [1.807, 2.05) is 6.07 Å². The zero-order chi connectivity index (χ0) is 14.7. The van der Waals surface area contributed by atoms with Crippen molar-refractivity contribution in [3.05, 3.63) is 34.1 Å².